The van der Waals surface area contributed by atoms with Crippen LogP contribution in [0.3, 0.4) is 0 Å². The number of benzene rings is 1. The minimum absolute atomic E-state index is 0.296. The summed E-state index contributed by atoms with van der Waals surface area (Å²) in [4.78, 5) is 12.3. The van der Waals surface area contributed by atoms with Crippen LogP contribution < -0.4 is 5.32 Å². The molecule has 0 atom stereocenters. The van der Waals surface area contributed by atoms with E-state index in [9.17, 15) is 9.18 Å². The summed E-state index contributed by atoms with van der Waals surface area (Å²) in [5, 5.41) is 3.23. The van der Waals surface area contributed by atoms with Gasteiger partial charge in [-0.2, -0.15) is 0 Å². The van der Waals surface area contributed by atoms with E-state index in [-0.39, 0.29) is 5.91 Å². The SMILES string of the molecule is O=C(Nc1cc(F)ccc1Br)c1cc(Cl)cn1C1CC1. The number of halogens is 3. The van der Waals surface area contributed by atoms with Crippen molar-refractivity contribution in [3.05, 3.63) is 51.5 Å². The molecule has 1 amide bonds. The van der Waals surface area contributed by atoms with Crippen molar-refractivity contribution in [3.63, 3.8) is 0 Å². The molecule has 1 saturated carbocycles. The zero-order chi connectivity index (χ0) is 14.3. The van der Waals surface area contributed by atoms with Crippen molar-refractivity contribution in [1.29, 1.82) is 0 Å². The van der Waals surface area contributed by atoms with E-state index in [0.29, 0.717) is 26.9 Å². The van der Waals surface area contributed by atoms with Crippen molar-refractivity contribution in [2.75, 3.05) is 5.32 Å². The quantitative estimate of drug-likeness (QED) is 0.854. The molecule has 2 aromatic rings. The van der Waals surface area contributed by atoms with Crippen molar-refractivity contribution in [3.8, 4) is 0 Å². The monoisotopic (exact) mass is 356 g/mol. The summed E-state index contributed by atoms with van der Waals surface area (Å²) in [6.45, 7) is 0. The maximum atomic E-state index is 13.2. The van der Waals surface area contributed by atoms with Gasteiger partial charge in [-0.25, -0.2) is 4.39 Å². The molecule has 3 rings (SSSR count). The molecular weight excluding hydrogens is 347 g/mol. The smallest absolute Gasteiger partial charge is 0.272 e. The van der Waals surface area contributed by atoms with Gasteiger partial charge in [0.1, 0.15) is 11.5 Å². The molecule has 0 aliphatic heterocycles. The van der Waals surface area contributed by atoms with Crippen LogP contribution in [0, 0.1) is 5.82 Å². The predicted molar refractivity (Wildman–Crippen MR) is 79.8 cm³/mol. The topological polar surface area (TPSA) is 34.0 Å². The third kappa shape index (κ3) is 2.74. The van der Waals surface area contributed by atoms with E-state index in [1.807, 2.05) is 4.57 Å². The Labute approximate surface area is 128 Å². The first-order valence-corrected chi connectivity index (χ1v) is 7.35. The van der Waals surface area contributed by atoms with E-state index >= 15 is 0 Å². The minimum Gasteiger partial charge on any atom is -0.339 e. The second-order valence-electron chi connectivity index (χ2n) is 4.76. The molecule has 6 heteroatoms. The Balaban J connectivity index is 1.87. The number of carbonyl (C=O) groups is 1. The van der Waals surface area contributed by atoms with Crippen LogP contribution >= 0.6 is 27.5 Å². The van der Waals surface area contributed by atoms with Crippen LogP contribution in [0.4, 0.5) is 10.1 Å². The van der Waals surface area contributed by atoms with Crippen LogP contribution in [-0.4, -0.2) is 10.5 Å². The van der Waals surface area contributed by atoms with E-state index in [2.05, 4.69) is 21.2 Å². The average molecular weight is 358 g/mol. The molecule has 1 aliphatic rings. The second-order valence-corrected chi connectivity index (χ2v) is 6.05. The number of amides is 1. The Bertz CT molecular complexity index is 682. The first kappa shape index (κ1) is 13.6. The third-order valence-corrected chi connectivity index (χ3v) is 4.06. The van der Waals surface area contributed by atoms with Gasteiger partial charge in [0.05, 0.1) is 10.7 Å². The highest BCUT2D eigenvalue weighted by Gasteiger charge is 2.28. The Morgan fingerprint density at radius 3 is 2.85 bits per heavy atom. The summed E-state index contributed by atoms with van der Waals surface area (Å²) in [6, 6.07) is 6.12. The normalized spacial score (nSPS) is 14.3. The lowest BCUT2D eigenvalue weighted by atomic mass is 10.3. The fraction of sp³-hybridized carbons (Fsp3) is 0.214. The largest absolute Gasteiger partial charge is 0.339 e. The molecule has 0 unspecified atom stereocenters. The van der Waals surface area contributed by atoms with Crippen molar-refractivity contribution < 1.29 is 9.18 Å². The lowest BCUT2D eigenvalue weighted by Crippen LogP contribution is -2.16. The Morgan fingerprint density at radius 1 is 1.40 bits per heavy atom. The highest BCUT2D eigenvalue weighted by Crippen LogP contribution is 2.37. The average Bonchev–Trinajstić information content (AvgIpc) is 3.17. The highest BCUT2D eigenvalue weighted by atomic mass is 79.9. The summed E-state index contributed by atoms with van der Waals surface area (Å²) < 4.78 is 15.7. The van der Waals surface area contributed by atoms with E-state index in [0.717, 1.165) is 12.8 Å². The number of hydrogen-bond donors (Lipinski definition) is 1. The maximum Gasteiger partial charge on any atom is 0.272 e. The Kier molecular flexibility index (Phi) is 3.56. The van der Waals surface area contributed by atoms with E-state index in [1.54, 1.807) is 18.3 Å². The number of aromatic nitrogens is 1. The summed E-state index contributed by atoms with van der Waals surface area (Å²) in [7, 11) is 0. The molecule has 3 nitrogen and oxygen atoms in total. The second kappa shape index (κ2) is 5.22. The van der Waals surface area contributed by atoms with Crippen molar-refractivity contribution >= 4 is 39.1 Å². The van der Waals surface area contributed by atoms with E-state index in [1.165, 1.54) is 12.1 Å². The fourth-order valence-electron chi connectivity index (χ4n) is 2.06. The lowest BCUT2D eigenvalue weighted by Gasteiger charge is -2.10. The molecule has 20 heavy (non-hydrogen) atoms. The zero-order valence-electron chi connectivity index (χ0n) is 10.4. The summed E-state index contributed by atoms with van der Waals surface area (Å²) >= 11 is 9.25. The summed E-state index contributed by atoms with van der Waals surface area (Å²) in [5.41, 5.74) is 0.892. The van der Waals surface area contributed by atoms with Crippen LogP contribution in [0.2, 0.25) is 5.02 Å². The van der Waals surface area contributed by atoms with Crippen LogP contribution in [-0.2, 0) is 0 Å². The predicted octanol–water partition coefficient (Wildman–Crippen LogP) is 4.63. The van der Waals surface area contributed by atoms with Crippen LogP contribution in [0.5, 0.6) is 0 Å². The molecule has 1 aliphatic carbocycles. The molecule has 0 saturated heterocycles. The highest BCUT2D eigenvalue weighted by molar-refractivity contribution is 9.10. The first-order valence-electron chi connectivity index (χ1n) is 6.18. The molecule has 0 bridgehead atoms. The van der Waals surface area contributed by atoms with Crippen LogP contribution in [0.25, 0.3) is 0 Å². The van der Waals surface area contributed by atoms with E-state index in [4.69, 9.17) is 11.6 Å². The number of carbonyl (C=O) groups excluding carboxylic acids is 1. The maximum absolute atomic E-state index is 13.2. The van der Waals surface area contributed by atoms with Gasteiger partial charge < -0.3 is 9.88 Å². The van der Waals surface area contributed by atoms with Crippen LogP contribution in [0.1, 0.15) is 29.4 Å². The van der Waals surface area contributed by atoms with E-state index < -0.39 is 5.82 Å². The third-order valence-electron chi connectivity index (χ3n) is 3.16. The number of anilines is 1. The summed E-state index contributed by atoms with van der Waals surface area (Å²) in [6.07, 6.45) is 3.86. The number of hydrogen-bond acceptors (Lipinski definition) is 1. The number of nitrogens with zero attached hydrogens (tertiary/aromatic N) is 1. The Hall–Kier alpha value is -1.33. The van der Waals surface area contributed by atoms with Gasteiger partial charge in [-0.3, -0.25) is 4.79 Å². The van der Waals surface area contributed by atoms with Gasteiger partial charge in [-0.15, -0.1) is 0 Å². The van der Waals surface area contributed by atoms with Gasteiger partial charge in [0.2, 0.25) is 0 Å². The molecular formula is C14H11BrClFN2O. The molecule has 1 heterocycles. The van der Waals surface area contributed by atoms with Gasteiger partial charge in [0.25, 0.3) is 5.91 Å². The molecule has 0 radical (unpaired) electrons. The standard InChI is InChI=1S/C14H11BrClFN2O/c15-11-4-1-9(17)6-12(11)18-14(20)13-5-8(16)7-19(13)10-2-3-10/h1,4-7,10H,2-3H2,(H,18,20). The Morgan fingerprint density at radius 2 is 2.15 bits per heavy atom. The number of rotatable bonds is 3. The lowest BCUT2D eigenvalue weighted by molar-refractivity contribution is 0.101. The number of nitrogens with one attached hydrogen (secondary N) is 1. The molecule has 1 aromatic heterocycles. The van der Waals surface area contributed by atoms with Crippen molar-refractivity contribution in [2.45, 2.75) is 18.9 Å². The van der Waals surface area contributed by atoms with Gasteiger partial charge in [0.15, 0.2) is 0 Å². The fourth-order valence-corrected chi connectivity index (χ4v) is 2.62. The molecule has 104 valence electrons. The molecule has 0 spiro atoms. The van der Waals surface area contributed by atoms with Crippen LogP contribution in [0.15, 0.2) is 34.9 Å². The zero-order valence-corrected chi connectivity index (χ0v) is 12.7. The minimum atomic E-state index is -0.404. The molecule has 1 N–H and O–H groups in total. The molecule has 1 fully saturated rings. The van der Waals surface area contributed by atoms with Gasteiger partial charge in [0, 0.05) is 16.7 Å². The first-order chi connectivity index (χ1) is 9.54. The van der Waals surface area contributed by atoms with Gasteiger partial charge in [-0.1, -0.05) is 11.6 Å². The van der Waals surface area contributed by atoms with Crippen molar-refractivity contribution in [2.24, 2.45) is 0 Å². The van der Waals surface area contributed by atoms with Gasteiger partial charge >= 0.3 is 0 Å². The van der Waals surface area contributed by atoms with Crippen molar-refractivity contribution in [1.82, 2.24) is 4.57 Å². The van der Waals surface area contributed by atoms with Gasteiger partial charge in [-0.05, 0) is 53.0 Å². The summed E-state index contributed by atoms with van der Waals surface area (Å²) in [5.74, 6) is -0.700. The molecule has 1 aromatic carbocycles.